The van der Waals surface area contributed by atoms with Crippen LogP contribution < -0.4 is 14.8 Å². The molecule has 0 aromatic heterocycles. The lowest BCUT2D eigenvalue weighted by Gasteiger charge is -2.10. The van der Waals surface area contributed by atoms with Gasteiger partial charge in [0.2, 0.25) is 0 Å². The molecule has 0 spiro atoms. The van der Waals surface area contributed by atoms with Crippen molar-refractivity contribution >= 4 is 34.8 Å². The average Bonchev–Trinajstić information content (AvgIpc) is 2.68. The fourth-order valence-electron chi connectivity index (χ4n) is 2.30. The molecule has 0 unspecified atom stereocenters. The molecule has 4 nitrogen and oxygen atoms in total. The van der Waals surface area contributed by atoms with Gasteiger partial charge in [0.1, 0.15) is 18.1 Å². The zero-order valence-electron chi connectivity index (χ0n) is 14.3. The molecule has 0 saturated heterocycles. The Morgan fingerprint density at radius 1 is 0.852 bits per heavy atom. The van der Waals surface area contributed by atoms with Crippen molar-refractivity contribution in [1.82, 2.24) is 0 Å². The Bertz CT molecular complexity index is 899. The molecule has 3 rings (SSSR count). The maximum Gasteiger partial charge on any atom is 0.262 e. The summed E-state index contributed by atoms with van der Waals surface area (Å²) < 4.78 is 11.2. The smallest absolute Gasteiger partial charge is 0.262 e. The van der Waals surface area contributed by atoms with Crippen molar-refractivity contribution in [3.05, 3.63) is 88.4 Å². The summed E-state index contributed by atoms with van der Waals surface area (Å²) in [7, 11) is 0. The van der Waals surface area contributed by atoms with Gasteiger partial charge in [0, 0.05) is 5.02 Å². The van der Waals surface area contributed by atoms with E-state index < -0.39 is 0 Å². The van der Waals surface area contributed by atoms with Gasteiger partial charge in [-0.05, 0) is 48.0 Å². The third-order valence-corrected chi connectivity index (χ3v) is 4.20. The van der Waals surface area contributed by atoms with Crippen LogP contribution in [0.4, 0.5) is 5.69 Å². The molecule has 0 atom stereocenters. The minimum atomic E-state index is -0.316. The van der Waals surface area contributed by atoms with E-state index in [2.05, 4.69) is 5.32 Å². The van der Waals surface area contributed by atoms with Gasteiger partial charge in [-0.15, -0.1) is 0 Å². The second-order valence-electron chi connectivity index (χ2n) is 5.71. The number of rotatable bonds is 7. The highest BCUT2D eigenvalue weighted by Crippen LogP contribution is 2.25. The van der Waals surface area contributed by atoms with Crippen molar-refractivity contribution in [2.24, 2.45) is 0 Å². The number of carbonyl (C=O) groups is 1. The standard InChI is InChI=1S/C21H17Cl2NO3/c22-16-6-11-20(19(23)12-16)24-21(25)14-27-18-9-7-17(8-10-18)26-13-15-4-2-1-3-5-15/h1-12H,13-14H2,(H,24,25). The number of ether oxygens (including phenoxy) is 2. The van der Waals surface area contributed by atoms with Crippen molar-refractivity contribution in [1.29, 1.82) is 0 Å². The van der Waals surface area contributed by atoms with Gasteiger partial charge in [-0.25, -0.2) is 0 Å². The van der Waals surface area contributed by atoms with Crippen LogP contribution in [0, 0.1) is 0 Å². The largest absolute Gasteiger partial charge is 0.489 e. The normalized spacial score (nSPS) is 10.3. The zero-order chi connectivity index (χ0) is 19.1. The van der Waals surface area contributed by atoms with Gasteiger partial charge in [0.15, 0.2) is 6.61 Å². The molecule has 0 radical (unpaired) electrons. The molecule has 138 valence electrons. The first-order valence-electron chi connectivity index (χ1n) is 8.24. The number of amides is 1. The Morgan fingerprint density at radius 2 is 1.52 bits per heavy atom. The summed E-state index contributed by atoms with van der Waals surface area (Å²) in [6, 6.07) is 21.9. The monoisotopic (exact) mass is 401 g/mol. The average molecular weight is 402 g/mol. The van der Waals surface area contributed by atoms with Gasteiger partial charge in [0.05, 0.1) is 10.7 Å². The van der Waals surface area contributed by atoms with Crippen LogP contribution in [0.1, 0.15) is 5.56 Å². The first kappa shape index (κ1) is 19.1. The van der Waals surface area contributed by atoms with Crippen molar-refractivity contribution in [3.8, 4) is 11.5 Å². The van der Waals surface area contributed by atoms with E-state index in [4.69, 9.17) is 32.7 Å². The summed E-state index contributed by atoms with van der Waals surface area (Å²) in [6.45, 7) is 0.356. The van der Waals surface area contributed by atoms with Crippen LogP contribution in [-0.4, -0.2) is 12.5 Å². The van der Waals surface area contributed by atoms with Gasteiger partial charge < -0.3 is 14.8 Å². The molecule has 1 N–H and O–H groups in total. The Kier molecular flexibility index (Phi) is 6.58. The van der Waals surface area contributed by atoms with Crippen LogP contribution in [0.2, 0.25) is 10.0 Å². The SMILES string of the molecule is O=C(COc1ccc(OCc2ccccc2)cc1)Nc1ccc(Cl)cc1Cl. The predicted molar refractivity (Wildman–Crippen MR) is 108 cm³/mol. The first-order chi connectivity index (χ1) is 13.1. The first-order valence-corrected chi connectivity index (χ1v) is 9.00. The van der Waals surface area contributed by atoms with Crippen LogP contribution in [0.3, 0.4) is 0 Å². The topological polar surface area (TPSA) is 47.6 Å². The van der Waals surface area contributed by atoms with Crippen molar-refractivity contribution in [2.45, 2.75) is 6.61 Å². The van der Waals surface area contributed by atoms with Crippen LogP contribution in [-0.2, 0) is 11.4 Å². The third-order valence-electron chi connectivity index (χ3n) is 3.65. The van der Waals surface area contributed by atoms with Crippen molar-refractivity contribution in [2.75, 3.05) is 11.9 Å². The highest BCUT2D eigenvalue weighted by atomic mass is 35.5. The molecule has 0 fully saturated rings. The van der Waals surface area contributed by atoms with E-state index in [0.717, 1.165) is 11.3 Å². The van der Waals surface area contributed by atoms with Gasteiger partial charge in [0.25, 0.3) is 5.91 Å². The van der Waals surface area contributed by atoms with E-state index in [-0.39, 0.29) is 12.5 Å². The van der Waals surface area contributed by atoms with E-state index >= 15 is 0 Å². The molecule has 0 aliphatic carbocycles. The van der Waals surface area contributed by atoms with E-state index in [1.165, 1.54) is 0 Å². The van der Waals surface area contributed by atoms with Crippen LogP contribution in [0.25, 0.3) is 0 Å². The van der Waals surface area contributed by atoms with Gasteiger partial charge in [-0.3, -0.25) is 4.79 Å². The van der Waals surface area contributed by atoms with Crippen LogP contribution in [0.5, 0.6) is 11.5 Å². The molecule has 0 aliphatic heterocycles. The van der Waals surface area contributed by atoms with Crippen LogP contribution >= 0.6 is 23.2 Å². The molecule has 3 aromatic rings. The summed E-state index contributed by atoms with van der Waals surface area (Å²) in [5.41, 5.74) is 1.58. The number of hydrogen-bond donors (Lipinski definition) is 1. The predicted octanol–water partition coefficient (Wildman–Crippen LogP) is 5.59. The molecule has 0 bridgehead atoms. The lowest BCUT2D eigenvalue weighted by molar-refractivity contribution is -0.118. The number of anilines is 1. The number of halogens is 2. The summed E-state index contributed by atoms with van der Waals surface area (Å²) in [5, 5.41) is 3.55. The Hall–Kier alpha value is -2.69. The van der Waals surface area contributed by atoms with E-state index in [0.29, 0.717) is 28.1 Å². The highest BCUT2D eigenvalue weighted by molar-refractivity contribution is 6.36. The van der Waals surface area contributed by atoms with E-state index in [1.807, 2.05) is 30.3 Å². The number of hydrogen-bond acceptors (Lipinski definition) is 3. The summed E-state index contributed by atoms with van der Waals surface area (Å²) in [5.74, 6) is 0.978. The molecular weight excluding hydrogens is 385 g/mol. The Labute approximate surface area is 167 Å². The molecule has 0 aliphatic rings. The molecule has 0 heterocycles. The third kappa shape index (κ3) is 5.91. The second kappa shape index (κ2) is 9.31. The van der Waals surface area contributed by atoms with Crippen molar-refractivity contribution < 1.29 is 14.3 Å². The summed E-state index contributed by atoms with van der Waals surface area (Å²) in [6.07, 6.45) is 0. The summed E-state index contributed by atoms with van der Waals surface area (Å²) in [4.78, 5) is 12.0. The van der Waals surface area contributed by atoms with Gasteiger partial charge in [-0.1, -0.05) is 53.5 Å². The maximum atomic E-state index is 12.0. The van der Waals surface area contributed by atoms with Crippen LogP contribution in [0.15, 0.2) is 72.8 Å². The maximum absolute atomic E-state index is 12.0. The highest BCUT2D eigenvalue weighted by Gasteiger charge is 2.07. The minimum Gasteiger partial charge on any atom is -0.489 e. The lowest BCUT2D eigenvalue weighted by atomic mass is 10.2. The second-order valence-corrected chi connectivity index (χ2v) is 6.55. The van der Waals surface area contributed by atoms with E-state index in [1.54, 1.807) is 42.5 Å². The zero-order valence-corrected chi connectivity index (χ0v) is 15.8. The molecular formula is C21H17Cl2NO3. The number of carbonyl (C=O) groups excluding carboxylic acids is 1. The lowest BCUT2D eigenvalue weighted by Crippen LogP contribution is -2.20. The Morgan fingerprint density at radius 3 is 2.19 bits per heavy atom. The Balaban J connectivity index is 1.47. The molecule has 27 heavy (non-hydrogen) atoms. The fraction of sp³-hybridized carbons (Fsp3) is 0.0952. The minimum absolute atomic E-state index is 0.136. The number of benzene rings is 3. The molecule has 1 amide bonds. The molecule has 3 aromatic carbocycles. The van der Waals surface area contributed by atoms with E-state index in [9.17, 15) is 4.79 Å². The quantitative estimate of drug-likeness (QED) is 0.561. The fourth-order valence-corrected chi connectivity index (χ4v) is 2.75. The van der Waals surface area contributed by atoms with Gasteiger partial charge >= 0.3 is 0 Å². The van der Waals surface area contributed by atoms with Gasteiger partial charge in [-0.2, -0.15) is 0 Å². The number of nitrogens with one attached hydrogen (secondary N) is 1. The van der Waals surface area contributed by atoms with Crippen molar-refractivity contribution in [3.63, 3.8) is 0 Å². The molecule has 6 heteroatoms. The summed E-state index contributed by atoms with van der Waals surface area (Å²) >= 11 is 11.9. The molecule has 0 saturated carbocycles.